The number of fused-ring (bicyclic) bond motifs is 1. The zero-order chi connectivity index (χ0) is 29.3. The average Bonchev–Trinajstić information content (AvgIpc) is 3.43. The van der Waals surface area contributed by atoms with Crippen molar-refractivity contribution >= 4 is 22.7 Å². The van der Waals surface area contributed by atoms with Crippen LogP contribution in [0.5, 0.6) is 5.75 Å². The van der Waals surface area contributed by atoms with Crippen LogP contribution in [0, 0.1) is 12.7 Å². The smallest absolute Gasteiger partial charge is 0.261 e. The largest absolute Gasteiger partial charge is 0.484 e. The number of hydrogen-bond acceptors (Lipinski definition) is 3. The minimum atomic E-state index is -0.360. The zero-order valence-electron chi connectivity index (χ0n) is 23.6. The molecule has 1 heterocycles. The Kier molecular flexibility index (Phi) is 9.29. The van der Waals surface area contributed by atoms with Crippen molar-refractivity contribution in [1.29, 1.82) is 0 Å². The number of rotatable bonds is 12. The molecular weight excluding hydrogens is 529 g/mol. The Morgan fingerprint density at radius 2 is 1.40 bits per heavy atom. The van der Waals surface area contributed by atoms with Gasteiger partial charge in [0.25, 0.3) is 5.91 Å². The lowest BCUT2D eigenvalue weighted by Crippen LogP contribution is -2.44. The van der Waals surface area contributed by atoms with E-state index in [2.05, 4.69) is 11.1 Å². The molecule has 0 aliphatic heterocycles. The molecule has 0 unspecified atom stereocenters. The van der Waals surface area contributed by atoms with Crippen molar-refractivity contribution in [3.63, 3.8) is 0 Å². The molecule has 0 fully saturated rings. The fraction of sp³-hybridized carbons (Fsp3) is 0.200. The van der Waals surface area contributed by atoms with E-state index in [-0.39, 0.29) is 37.3 Å². The monoisotopic (exact) mass is 563 g/mol. The van der Waals surface area contributed by atoms with Crippen molar-refractivity contribution in [3.8, 4) is 5.75 Å². The third-order valence-corrected chi connectivity index (χ3v) is 7.24. The minimum absolute atomic E-state index is 0.131. The van der Waals surface area contributed by atoms with E-state index in [1.165, 1.54) is 17.0 Å². The molecule has 0 saturated carbocycles. The van der Waals surface area contributed by atoms with Crippen LogP contribution in [-0.4, -0.2) is 46.3 Å². The summed E-state index contributed by atoms with van der Waals surface area (Å²) in [6, 6.07) is 31.2. The highest BCUT2D eigenvalue weighted by atomic mass is 19.1. The van der Waals surface area contributed by atoms with Gasteiger partial charge in [-0.1, -0.05) is 78.4 Å². The molecule has 2 amide bonds. The summed E-state index contributed by atoms with van der Waals surface area (Å²) in [6.45, 7) is 2.73. The number of aryl methyl sites for hydroxylation is 1. The second-order valence-corrected chi connectivity index (χ2v) is 10.4. The molecule has 0 bridgehead atoms. The predicted octanol–water partition coefficient (Wildman–Crippen LogP) is 6.29. The quantitative estimate of drug-likeness (QED) is 0.194. The molecule has 0 aliphatic carbocycles. The number of nitrogens with zero attached hydrogens (tertiary/aromatic N) is 2. The van der Waals surface area contributed by atoms with Crippen molar-refractivity contribution in [2.24, 2.45) is 0 Å². The number of halogens is 1. The number of ether oxygens (including phenoxy) is 1. The summed E-state index contributed by atoms with van der Waals surface area (Å²) < 4.78 is 19.3. The molecule has 5 aromatic rings. The van der Waals surface area contributed by atoms with Crippen molar-refractivity contribution in [2.45, 2.75) is 26.4 Å². The van der Waals surface area contributed by atoms with E-state index < -0.39 is 0 Å². The number of H-pyrrole nitrogens is 1. The van der Waals surface area contributed by atoms with E-state index in [9.17, 15) is 14.0 Å². The maximum absolute atomic E-state index is 13.9. The highest BCUT2D eigenvalue weighted by Crippen LogP contribution is 2.19. The molecule has 5 rings (SSSR count). The van der Waals surface area contributed by atoms with Crippen molar-refractivity contribution in [2.75, 3.05) is 19.7 Å². The van der Waals surface area contributed by atoms with Gasteiger partial charge in [-0.3, -0.25) is 9.59 Å². The summed E-state index contributed by atoms with van der Waals surface area (Å²) >= 11 is 0. The first-order valence-corrected chi connectivity index (χ1v) is 14.0. The first-order chi connectivity index (χ1) is 20.4. The molecule has 42 heavy (non-hydrogen) atoms. The fourth-order valence-corrected chi connectivity index (χ4v) is 4.86. The van der Waals surface area contributed by atoms with Gasteiger partial charge < -0.3 is 19.5 Å². The second kappa shape index (κ2) is 13.6. The number of carbonyl (C=O) groups is 2. The summed E-state index contributed by atoms with van der Waals surface area (Å²) in [7, 11) is 0. The van der Waals surface area contributed by atoms with E-state index in [1.807, 2.05) is 73.8 Å². The van der Waals surface area contributed by atoms with Crippen LogP contribution in [0.15, 0.2) is 109 Å². The molecule has 6 nitrogen and oxygen atoms in total. The Bertz CT molecular complexity index is 1620. The molecule has 1 N–H and O–H groups in total. The van der Waals surface area contributed by atoms with Crippen molar-refractivity contribution < 1.29 is 18.7 Å². The Morgan fingerprint density at radius 3 is 2.14 bits per heavy atom. The lowest BCUT2D eigenvalue weighted by atomic mass is 10.1. The Morgan fingerprint density at radius 1 is 0.762 bits per heavy atom. The fourth-order valence-electron chi connectivity index (χ4n) is 4.86. The molecule has 1 aromatic heterocycles. The number of aromatic nitrogens is 1. The standard InChI is InChI=1S/C35H34FN3O3/c1-26-11-13-27(14-12-26)22-38(20-19-29-21-37-33-10-6-5-9-32(29)33)34(40)24-39(23-28-15-17-30(36)18-16-28)35(41)25-42-31-7-3-2-4-8-31/h2-18,21,37H,19-20,22-25H2,1H3. The van der Waals surface area contributed by atoms with E-state index >= 15 is 0 Å². The van der Waals surface area contributed by atoms with Crippen LogP contribution >= 0.6 is 0 Å². The third-order valence-electron chi connectivity index (χ3n) is 7.24. The topological polar surface area (TPSA) is 65.6 Å². The van der Waals surface area contributed by atoms with E-state index in [4.69, 9.17) is 4.74 Å². The summed E-state index contributed by atoms with van der Waals surface area (Å²) in [5.41, 5.74) is 5.06. The maximum atomic E-state index is 13.9. The third kappa shape index (κ3) is 7.63. The Balaban J connectivity index is 1.35. The lowest BCUT2D eigenvalue weighted by molar-refractivity contribution is -0.142. The SMILES string of the molecule is Cc1ccc(CN(CCc2c[nH]c3ccccc23)C(=O)CN(Cc2ccc(F)cc2)C(=O)COc2ccccc2)cc1. The summed E-state index contributed by atoms with van der Waals surface area (Å²) in [4.78, 5) is 33.9. The van der Waals surface area contributed by atoms with Crippen LogP contribution < -0.4 is 4.74 Å². The van der Waals surface area contributed by atoms with Crippen molar-refractivity contribution in [1.82, 2.24) is 14.8 Å². The number of carbonyl (C=O) groups excluding carboxylic acids is 2. The summed E-state index contributed by atoms with van der Waals surface area (Å²) in [6.07, 6.45) is 2.65. The number of para-hydroxylation sites is 2. The zero-order valence-corrected chi connectivity index (χ0v) is 23.6. The molecule has 0 aliphatic rings. The van der Waals surface area contributed by atoms with Gasteiger partial charge in [0.15, 0.2) is 6.61 Å². The van der Waals surface area contributed by atoms with Crippen LogP contribution in [0.4, 0.5) is 4.39 Å². The first-order valence-electron chi connectivity index (χ1n) is 14.0. The van der Waals surface area contributed by atoms with Gasteiger partial charge in [0.05, 0.1) is 0 Å². The molecule has 214 valence electrons. The second-order valence-electron chi connectivity index (χ2n) is 10.4. The van der Waals surface area contributed by atoms with Crippen LogP contribution in [0.3, 0.4) is 0 Å². The Hall–Kier alpha value is -4.91. The highest BCUT2D eigenvalue weighted by molar-refractivity contribution is 5.86. The molecule has 4 aromatic carbocycles. The van der Waals surface area contributed by atoms with Crippen LogP contribution in [0.2, 0.25) is 0 Å². The van der Waals surface area contributed by atoms with Gasteiger partial charge in [0.2, 0.25) is 5.91 Å². The highest BCUT2D eigenvalue weighted by Gasteiger charge is 2.23. The number of aromatic amines is 1. The molecule has 0 radical (unpaired) electrons. The molecule has 0 spiro atoms. The maximum Gasteiger partial charge on any atom is 0.261 e. The Labute approximate surface area is 245 Å². The molecule has 7 heteroatoms. The van der Waals surface area contributed by atoms with Crippen LogP contribution in [-0.2, 0) is 29.1 Å². The van der Waals surface area contributed by atoms with Crippen molar-refractivity contribution in [3.05, 3.63) is 137 Å². The normalized spacial score (nSPS) is 10.9. The molecule has 0 atom stereocenters. The van der Waals surface area contributed by atoms with Crippen LogP contribution in [0.25, 0.3) is 10.9 Å². The van der Waals surface area contributed by atoms with E-state index in [1.54, 1.807) is 29.2 Å². The first kappa shape index (κ1) is 28.6. The summed E-state index contributed by atoms with van der Waals surface area (Å²) in [5, 5.41) is 1.13. The van der Waals surface area contributed by atoms with Gasteiger partial charge in [-0.05, 0) is 60.4 Å². The minimum Gasteiger partial charge on any atom is -0.484 e. The predicted molar refractivity (Wildman–Crippen MR) is 162 cm³/mol. The number of benzene rings is 4. The van der Waals surface area contributed by atoms with Gasteiger partial charge in [0.1, 0.15) is 18.1 Å². The number of nitrogens with one attached hydrogen (secondary N) is 1. The van der Waals surface area contributed by atoms with Crippen LogP contribution in [0.1, 0.15) is 22.3 Å². The summed E-state index contributed by atoms with van der Waals surface area (Å²) in [5.74, 6) is -0.297. The van der Waals surface area contributed by atoms with Gasteiger partial charge in [-0.25, -0.2) is 4.39 Å². The van der Waals surface area contributed by atoms with E-state index in [0.29, 0.717) is 25.3 Å². The van der Waals surface area contributed by atoms with Gasteiger partial charge >= 0.3 is 0 Å². The lowest BCUT2D eigenvalue weighted by Gasteiger charge is -2.28. The molecular formula is C35H34FN3O3. The number of hydrogen-bond donors (Lipinski definition) is 1. The van der Waals surface area contributed by atoms with Gasteiger partial charge in [-0.2, -0.15) is 0 Å². The van der Waals surface area contributed by atoms with E-state index in [0.717, 1.165) is 33.2 Å². The average molecular weight is 564 g/mol. The molecule has 0 saturated heterocycles. The van der Waals surface area contributed by atoms with Gasteiger partial charge in [0, 0.05) is 36.7 Å². The number of amides is 2. The van der Waals surface area contributed by atoms with Gasteiger partial charge in [-0.15, -0.1) is 0 Å².